The van der Waals surface area contributed by atoms with Gasteiger partial charge in [0.25, 0.3) is 5.91 Å². The minimum absolute atomic E-state index is 0.181. The molecule has 0 spiro atoms. The Bertz CT molecular complexity index is 1200. The van der Waals surface area contributed by atoms with E-state index in [0.29, 0.717) is 33.8 Å². The van der Waals surface area contributed by atoms with E-state index in [9.17, 15) is 9.59 Å². The number of para-hydroxylation sites is 1. The molecule has 0 atom stereocenters. The van der Waals surface area contributed by atoms with E-state index in [0.717, 1.165) is 14.0 Å². The van der Waals surface area contributed by atoms with Crippen LogP contribution in [0.3, 0.4) is 0 Å². The van der Waals surface area contributed by atoms with Gasteiger partial charge in [0, 0.05) is 3.57 Å². The molecule has 0 saturated carbocycles. The van der Waals surface area contributed by atoms with E-state index in [1.165, 1.54) is 0 Å². The first-order chi connectivity index (χ1) is 15.5. The lowest BCUT2D eigenvalue weighted by molar-refractivity contribution is -0.113. The van der Waals surface area contributed by atoms with Crippen LogP contribution in [0.2, 0.25) is 0 Å². The summed E-state index contributed by atoms with van der Waals surface area (Å²) in [5.41, 5.74) is 2.40. The fourth-order valence-electron chi connectivity index (χ4n) is 3.21. The van der Waals surface area contributed by atoms with Crippen LogP contribution in [0.1, 0.15) is 11.1 Å². The summed E-state index contributed by atoms with van der Waals surface area (Å²) in [4.78, 5) is 26.3. The van der Waals surface area contributed by atoms with E-state index in [2.05, 4.69) is 43.8 Å². The number of anilines is 1. The van der Waals surface area contributed by atoms with Crippen molar-refractivity contribution in [1.82, 2.24) is 5.32 Å². The van der Waals surface area contributed by atoms with Crippen molar-refractivity contribution >= 4 is 62.2 Å². The Morgan fingerprint density at radius 1 is 1.06 bits per heavy atom. The summed E-state index contributed by atoms with van der Waals surface area (Å²) in [6, 6.07) is 19.9. The Hall–Kier alpha value is -2.85. The number of benzene rings is 3. The zero-order valence-electron chi connectivity index (χ0n) is 17.0. The molecule has 1 fully saturated rings. The number of hydrogen-bond donors (Lipinski definition) is 1. The van der Waals surface area contributed by atoms with Gasteiger partial charge in [-0.15, -0.1) is 0 Å². The van der Waals surface area contributed by atoms with Gasteiger partial charge in [0.15, 0.2) is 11.5 Å². The smallest absolute Gasteiger partial charge is 0.333 e. The molecule has 1 heterocycles. The molecule has 0 radical (unpaired) electrons. The third-order valence-electron chi connectivity index (χ3n) is 4.75. The van der Waals surface area contributed by atoms with Crippen LogP contribution in [0, 0.1) is 3.57 Å². The molecule has 3 amide bonds. The van der Waals surface area contributed by atoms with Crippen LogP contribution >= 0.6 is 38.5 Å². The van der Waals surface area contributed by atoms with Gasteiger partial charge in [-0.2, -0.15) is 0 Å². The molecule has 8 heteroatoms. The minimum atomic E-state index is -0.490. The van der Waals surface area contributed by atoms with Crippen LogP contribution in [-0.2, 0) is 11.4 Å². The molecule has 3 aromatic rings. The standard InChI is InChI=1S/C24H18BrIN2O4/c1-31-21-13-16(11-19(25)22(21)32-14-15-7-9-17(26)10-8-15)12-20-23(29)28(24(30)27-20)18-5-3-2-4-6-18/h2-13H,14H2,1H3,(H,27,30)/b20-12+. The van der Waals surface area contributed by atoms with Crippen molar-refractivity contribution in [3.8, 4) is 11.5 Å². The molecule has 3 aromatic carbocycles. The van der Waals surface area contributed by atoms with Gasteiger partial charge < -0.3 is 14.8 Å². The molecule has 1 saturated heterocycles. The van der Waals surface area contributed by atoms with E-state index in [1.54, 1.807) is 43.5 Å². The van der Waals surface area contributed by atoms with Gasteiger partial charge in [-0.05, 0) is 92.1 Å². The molecule has 1 aliphatic rings. The quantitative estimate of drug-likeness (QED) is 0.221. The summed E-state index contributed by atoms with van der Waals surface area (Å²) in [5.74, 6) is 0.643. The average molecular weight is 605 g/mol. The number of rotatable bonds is 6. The van der Waals surface area contributed by atoms with Crippen LogP contribution in [0.5, 0.6) is 11.5 Å². The molecule has 162 valence electrons. The highest BCUT2D eigenvalue weighted by atomic mass is 127. The first-order valence-electron chi connectivity index (χ1n) is 9.63. The van der Waals surface area contributed by atoms with Gasteiger partial charge in [-0.1, -0.05) is 30.3 Å². The van der Waals surface area contributed by atoms with Crippen LogP contribution in [-0.4, -0.2) is 19.0 Å². The van der Waals surface area contributed by atoms with Crippen molar-refractivity contribution in [2.45, 2.75) is 6.61 Å². The third-order valence-corrected chi connectivity index (χ3v) is 6.06. The van der Waals surface area contributed by atoms with Crippen LogP contribution in [0.4, 0.5) is 10.5 Å². The van der Waals surface area contributed by atoms with Crippen LogP contribution < -0.4 is 19.7 Å². The number of halogens is 2. The number of imide groups is 1. The molecule has 4 rings (SSSR count). The zero-order valence-corrected chi connectivity index (χ0v) is 20.7. The topological polar surface area (TPSA) is 67.9 Å². The van der Waals surface area contributed by atoms with Gasteiger partial charge in [0.2, 0.25) is 0 Å². The van der Waals surface area contributed by atoms with Crippen molar-refractivity contribution in [2.24, 2.45) is 0 Å². The van der Waals surface area contributed by atoms with Crippen molar-refractivity contribution < 1.29 is 19.1 Å². The normalized spacial score (nSPS) is 14.6. The van der Waals surface area contributed by atoms with Crippen molar-refractivity contribution in [3.63, 3.8) is 0 Å². The molecule has 32 heavy (non-hydrogen) atoms. The predicted molar refractivity (Wildman–Crippen MR) is 135 cm³/mol. The van der Waals surface area contributed by atoms with Crippen molar-refractivity contribution in [3.05, 3.63) is 91.6 Å². The number of nitrogens with zero attached hydrogens (tertiary/aromatic N) is 1. The molecule has 6 nitrogen and oxygen atoms in total. The summed E-state index contributed by atoms with van der Waals surface area (Å²) >= 11 is 5.79. The van der Waals surface area contributed by atoms with Crippen molar-refractivity contribution in [1.29, 1.82) is 0 Å². The number of methoxy groups -OCH3 is 1. The second kappa shape index (κ2) is 9.74. The molecule has 0 unspecified atom stereocenters. The largest absolute Gasteiger partial charge is 0.493 e. The summed E-state index contributed by atoms with van der Waals surface area (Å²) in [6.45, 7) is 0.382. The monoisotopic (exact) mass is 604 g/mol. The van der Waals surface area contributed by atoms with Gasteiger partial charge in [0.1, 0.15) is 12.3 Å². The Morgan fingerprint density at radius 2 is 1.78 bits per heavy atom. The van der Waals surface area contributed by atoms with Crippen molar-refractivity contribution in [2.75, 3.05) is 12.0 Å². The maximum Gasteiger partial charge on any atom is 0.333 e. The van der Waals surface area contributed by atoms with E-state index in [1.807, 2.05) is 36.4 Å². The third kappa shape index (κ3) is 4.81. The number of urea groups is 1. The lowest BCUT2D eigenvalue weighted by atomic mass is 10.1. The fourth-order valence-corrected chi connectivity index (χ4v) is 4.15. The highest BCUT2D eigenvalue weighted by Gasteiger charge is 2.34. The van der Waals surface area contributed by atoms with Gasteiger partial charge in [0.05, 0.1) is 17.3 Å². The second-order valence-electron chi connectivity index (χ2n) is 6.91. The lowest BCUT2D eigenvalue weighted by Gasteiger charge is -2.14. The van der Waals surface area contributed by atoms with Crippen LogP contribution in [0.15, 0.2) is 76.9 Å². The number of amides is 3. The Balaban J connectivity index is 1.57. The van der Waals surface area contributed by atoms with E-state index < -0.39 is 11.9 Å². The van der Waals surface area contributed by atoms with Crippen LogP contribution in [0.25, 0.3) is 6.08 Å². The first-order valence-corrected chi connectivity index (χ1v) is 11.5. The molecular formula is C24H18BrIN2O4. The highest BCUT2D eigenvalue weighted by Crippen LogP contribution is 2.38. The first kappa shape index (κ1) is 22.3. The summed E-state index contributed by atoms with van der Waals surface area (Å²) in [6.07, 6.45) is 1.61. The number of carbonyl (C=O) groups is 2. The number of carbonyl (C=O) groups excluding carboxylic acids is 2. The predicted octanol–water partition coefficient (Wildman–Crippen LogP) is 5.74. The van der Waals surface area contributed by atoms with E-state index in [4.69, 9.17) is 9.47 Å². The Labute approximate surface area is 207 Å². The van der Waals surface area contributed by atoms with E-state index >= 15 is 0 Å². The number of ether oxygens (including phenoxy) is 2. The highest BCUT2D eigenvalue weighted by molar-refractivity contribution is 14.1. The molecule has 0 aromatic heterocycles. The SMILES string of the molecule is COc1cc(/C=C2/NC(=O)N(c3ccccc3)C2=O)cc(Br)c1OCc1ccc(I)cc1. The molecule has 0 bridgehead atoms. The summed E-state index contributed by atoms with van der Waals surface area (Å²) < 4.78 is 13.3. The maximum atomic E-state index is 12.8. The number of nitrogens with one attached hydrogen (secondary N) is 1. The molecule has 1 aliphatic heterocycles. The number of hydrogen-bond acceptors (Lipinski definition) is 4. The van der Waals surface area contributed by atoms with E-state index in [-0.39, 0.29) is 5.70 Å². The van der Waals surface area contributed by atoms with Gasteiger partial charge >= 0.3 is 6.03 Å². The fraction of sp³-hybridized carbons (Fsp3) is 0.0833. The molecule has 0 aliphatic carbocycles. The van der Waals surface area contributed by atoms with Gasteiger partial charge in [-0.25, -0.2) is 9.69 Å². The summed E-state index contributed by atoms with van der Waals surface area (Å²) in [5, 5.41) is 2.63. The molecular weight excluding hydrogens is 587 g/mol. The molecule has 1 N–H and O–H groups in total. The minimum Gasteiger partial charge on any atom is -0.493 e. The Kier molecular flexibility index (Phi) is 6.80. The summed E-state index contributed by atoms with van der Waals surface area (Å²) in [7, 11) is 1.55. The lowest BCUT2D eigenvalue weighted by Crippen LogP contribution is -2.30. The second-order valence-corrected chi connectivity index (χ2v) is 9.01. The van der Waals surface area contributed by atoms with Gasteiger partial charge in [-0.3, -0.25) is 4.79 Å². The zero-order chi connectivity index (χ0) is 22.7. The maximum absolute atomic E-state index is 12.8. The Morgan fingerprint density at radius 3 is 2.47 bits per heavy atom. The average Bonchev–Trinajstić information content (AvgIpc) is 3.07.